The van der Waals surface area contributed by atoms with Crippen molar-refractivity contribution in [2.45, 2.75) is 18.7 Å². The van der Waals surface area contributed by atoms with Crippen LogP contribution in [0.5, 0.6) is 0 Å². The Balaban J connectivity index is 1.77. The second-order valence-corrected chi connectivity index (χ2v) is 7.75. The summed E-state index contributed by atoms with van der Waals surface area (Å²) in [4.78, 5) is 26.0. The molecule has 0 spiro atoms. The van der Waals surface area contributed by atoms with Crippen molar-refractivity contribution in [1.29, 1.82) is 0 Å². The summed E-state index contributed by atoms with van der Waals surface area (Å²) < 4.78 is 5.55. The van der Waals surface area contributed by atoms with Crippen molar-refractivity contribution >= 4 is 34.5 Å². The van der Waals surface area contributed by atoms with Crippen molar-refractivity contribution in [3.63, 3.8) is 0 Å². The van der Waals surface area contributed by atoms with Crippen molar-refractivity contribution in [2.24, 2.45) is 0 Å². The molecule has 0 amide bonds. The first-order valence-electron chi connectivity index (χ1n) is 9.13. The number of carboxylic acid groups (broad SMARTS) is 1. The molecule has 28 heavy (non-hydrogen) atoms. The first-order valence-corrected chi connectivity index (χ1v) is 10.5. The number of aromatic nitrogens is 3. The number of aromatic amines is 1. The highest BCUT2D eigenvalue weighted by Gasteiger charge is 2.22. The molecule has 146 valence electrons. The van der Waals surface area contributed by atoms with Crippen LogP contribution in [0.25, 0.3) is 22.3 Å². The van der Waals surface area contributed by atoms with E-state index in [4.69, 9.17) is 14.7 Å². The molecule has 1 aliphatic heterocycles. The molecular weight excluding hydrogens is 376 g/mol. The molecule has 8 heteroatoms. The summed E-state index contributed by atoms with van der Waals surface area (Å²) in [5.74, 6) is 1.38. The molecule has 0 aliphatic carbocycles. The highest BCUT2D eigenvalue weighted by Crippen LogP contribution is 2.27. The summed E-state index contributed by atoms with van der Waals surface area (Å²) in [6.07, 6.45) is 2.05. The van der Waals surface area contributed by atoms with E-state index in [-0.39, 0.29) is 11.7 Å². The van der Waals surface area contributed by atoms with E-state index in [1.807, 2.05) is 18.2 Å². The second-order valence-electron chi connectivity index (χ2n) is 6.88. The second kappa shape index (κ2) is 7.81. The van der Waals surface area contributed by atoms with Gasteiger partial charge in [-0.3, -0.25) is 0 Å². The van der Waals surface area contributed by atoms with Crippen LogP contribution >= 0.6 is 11.8 Å². The predicted octanol–water partition coefficient (Wildman–Crippen LogP) is 3.41. The van der Waals surface area contributed by atoms with E-state index in [0.29, 0.717) is 19.0 Å². The van der Waals surface area contributed by atoms with Crippen molar-refractivity contribution < 1.29 is 14.6 Å². The van der Waals surface area contributed by atoms with Crippen molar-refractivity contribution in [3.05, 3.63) is 41.7 Å². The van der Waals surface area contributed by atoms with Crippen LogP contribution < -0.4 is 4.90 Å². The number of rotatable bonds is 5. The Labute approximate surface area is 167 Å². The molecule has 7 nitrogen and oxygen atoms in total. The van der Waals surface area contributed by atoms with Gasteiger partial charge in [-0.25, -0.2) is 14.8 Å². The van der Waals surface area contributed by atoms with E-state index in [9.17, 15) is 9.90 Å². The van der Waals surface area contributed by atoms with Gasteiger partial charge in [-0.1, -0.05) is 12.1 Å². The third-order valence-electron chi connectivity index (χ3n) is 4.83. The number of nitrogens with one attached hydrogen (secondary N) is 1. The van der Waals surface area contributed by atoms with E-state index in [2.05, 4.69) is 29.1 Å². The molecule has 2 N–H and O–H groups in total. The number of thioether (sulfide) groups is 1. The molecule has 1 atom stereocenters. The van der Waals surface area contributed by atoms with Crippen LogP contribution in [0.15, 0.2) is 30.3 Å². The number of hydrogen-bond acceptors (Lipinski definition) is 6. The molecule has 4 rings (SSSR count). The van der Waals surface area contributed by atoms with Gasteiger partial charge in [0.2, 0.25) is 0 Å². The van der Waals surface area contributed by atoms with Crippen LogP contribution in [-0.2, 0) is 10.5 Å². The van der Waals surface area contributed by atoms with Gasteiger partial charge in [0.1, 0.15) is 11.5 Å². The SMILES string of the molecule is CSCc1cc(N2CCOCC2C)nc(-c2ccc3cc(C(=O)O)[nH]c3c2)n1. The first-order chi connectivity index (χ1) is 13.5. The molecule has 1 unspecified atom stereocenters. The van der Waals surface area contributed by atoms with E-state index >= 15 is 0 Å². The number of nitrogens with zero attached hydrogens (tertiary/aromatic N) is 3. The predicted molar refractivity (Wildman–Crippen MR) is 111 cm³/mol. The zero-order chi connectivity index (χ0) is 19.7. The number of carboxylic acids is 1. The minimum Gasteiger partial charge on any atom is -0.477 e. The molecule has 3 aromatic rings. The maximum atomic E-state index is 11.2. The summed E-state index contributed by atoms with van der Waals surface area (Å²) >= 11 is 1.72. The Kier molecular flexibility index (Phi) is 5.23. The third-order valence-corrected chi connectivity index (χ3v) is 5.42. The van der Waals surface area contributed by atoms with Gasteiger partial charge in [0.15, 0.2) is 5.82 Å². The Bertz CT molecular complexity index is 1020. The van der Waals surface area contributed by atoms with Crippen molar-refractivity contribution in [3.8, 4) is 11.4 Å². The van der Waals surface area contributed by atoms with Gasteiger partial charge in [-0.15, -0.1) is 0 Å². The summed E-state index contributed by atoms with van der Waals surface area (Å²) in [6, 6.07) is 9.68. The summed E-state index contributed by atoms with van der Waals surface area (Å²) in [7, 11) is 0. The first kappa shape index (κ1) is 18.8. The standard InChI is InChI=1S/C20H22N4O3S/c1-12-10-27-6-5-24(12)18-9-15(11-28-2)21-19(23-18)14-4-3-13-7-17(20(25)26)22-16(13)8-14/h3-4,7-9,12,22H,5-6,10-11H2,1-2H3,(H,25,26). The van der Waals surface area contributed by atoms with Gasteiger partial charge in [-0.05, 0) is 25.3 Å². The maximum absolute atomic E-state index is 11.2. The highest BCUT2D eigenvalue weighted by atomic mass is 32.2. The van der Waals surface area contributed by atoms with E-state index in [1.165, 1.54) is 0 Å². The Morgan fingerprint density at radius 2 is 2.21 bits per heavy atom. The third kappa shape index (κ3) is 3.70. The number of H-pyrrole nitrogens is 1. The molecule has 3 heterocycles. The fraction of sp³-hybridized carbons (Fsp3) is 0.350. The smallest absolute Gasteiger partial charge is 0.352 e. The number of benzene rings is 1. The minimum absolute atomic E-state index is 0.173. The number of hydrogen-bond donors (Lipinski definition) is 2. The Morgan fingerprint density at radius 3 is 2.96 bits per heavy atom. The van der Waals surface area contributed by atoms with Crippen LogP contribution in [-0.4, -0.2) is 58.1 Å². The summed E-state index contributed by atoms with van der Waals surface area (Å²) in [6.45, 7) is 4.30. The van der Waals surface area contributed by atoms with Gasteiger partial charge in [0.05, 0.1) is 24.9 Å². The van der Waals surface area contributed by atoms with E-state index < -0.39 is 5.97 Å². The zero-order valence-electron chi connectivity index (χ0n) is 15.8. The van der Waals surface area contributed by atoms with Crippen LogP contribution in [0.3, 0.4) is 0 Å². The number of ether oxygens (including phenoxy) is 1. The van der Waals surface area contributed by atoms with Crippen molar-refractivity contribution in [2.75, 3.05) is 30.9 Å². The molecular formula is C20H22N4O3S. The number of aromatic carboxylic acids is 1. The van der Waals surface area contributed by atoms with E-state index in [1.54, 1.807) is 17.8 Å². The Morgan fingerprint density at radius 1 is 1.36 bits per heavy atom. The number of morpholine rings is 1. The average Bonchev–Trinajstić information content (AvgIpc) is 3.12. The van der Waals surface area contributed by atoms with Gasteiger partial charge in [0.25, 0.3) is 0 Å². The minimum atomic E-state index is -0.973. The number of anilines is 1. The molecule has 2 aromatic heterocycles. The van der Waals surface area contributed by atoms with Crippen LogP contribution in [0.2, 0.25) is 0 Å². The Hall–Kier alpha value is -2.58. The lowest BCUT2D eigenvalue weighted by Gasteiger charge is -2.34. The molecule has 0 saturated carbocycles. The zero-order valence-corrected chi connectivity index (χ0v) is 16.6. The molecule has 1 aliphatic rings. The van der Waals surface area contributed by atoms with Gasteiger partial charge >= 0.3 is 5.97 Å². The van der Waals surface area contributed by atoms with E-state index in [0.717, 1.165) is 40.3 Å². The monoisotopic (exact) mass is 398 g/mol. The summed E-state index contributed by atoms with van der Waals surface area (Å²) in [5.41, 5.74) is 2.77. The lowest BCUT2D eigenvalue weighted by molar-refractivity contribution is 0.0691. The van der Waals surface area contributed by atoms with Crippen LogP contribution in [0.4, 0.5) is 5.82 Å². The normalized spacial score (nSPS) is 17.2. The topological polar surface area (TPSA) is 91.3 Å². The maximum Gasteiger partial charge on any atom is 0.352 e. The fourth-order valence-electron chi connectivity index (χ4n) is 3.43. The molecule has 0 radical (unpaired) electrons. The fourth-order valence-corrected chi connectivity index (χ4v) is 3.87. The van der Waals surface area contributed by atoms with Gasteiger partial charge < -0.3 is 19.7 Å². The van der Waals surface area contributed by atoms with Crippen molar-refractivity contribution in [1.82, 2.24) is 15.0 Å². The largest absolute Gasteiger partial charge is 0.477 e. The number of carbonyl (C=O) groups is 1. The average molecular weight is 398 g/mol. The molecule has 1 fully saturated rings. The van der Waals surface area contributed by atoms with Gasteiger partial charge in [-0.2, -0.15) is 11.8 Å². The highest BCUT2D eigenvalue weighted by molar-refractivity contribution is 7.97. The quantitative estimate of drug-likeness (QED) is 0.680. The van der Waals surface area contributed by atoms with Gasteiger partial charge in [0, 0.05) is 34.8 Å². The lowest BCUT2D eigenvalue weighted by atomic mass is 10.1. The van der Waals surface area contributed by atoms with Crippen LogP contribution in [0, 0.1) is 0 Å². The molecule has 1 aromatic carbocycles. The lowest BCUT2D eigenvalue weighted by Crippen LogP contribution is -2.44. The summed E-state index contributed by atoms with van der Waals surface area (Å²) in [5, 5.41) is 10.0. The number of fused-ring (bicyclic) bond motifs is 1. The van der Waals surface area contributed by atoms with Crippen LogP contribution in [0.1, 0.15) is 23.1 Å². The molecule has 1 saturated heterocycles. The molecule has 0 bridgehead atoms.